The van der Waals surface area contributed by atoms with Crippen LogP contribution < -0.4 is 14.8 Å². The van der Waals surface area contributed by atoms with Crippen molar-refractivity contribution < 1.29 is 19.1 Å². The highest BCUT2D eigenvalue weighted by Gasteiger charge is 2.61. The zero-order valence-electron chi connectivity index (χ0n) is 18.7. The quantitative estimate of drug-likeness (QED) is 0.631. The predicted molar refractivity (Wildman–Crippen MR) is 115 cm³/mol. The number of carbonyl (C=O) groups is 2. The number of anilines is 1. The predicted octanol–water partition coefficient (Wildman–Crippen LogP) is 4.12. The van der Waals surface area contributed by atoms with Gasteiger partial charge in [0.25, 0.3) is 0 Å². The molecule has 1 aliphatic rings. The highest BCUT2D eigenvalue weighted by Crippen LogP contribution is 2.59. The summed E-state index contributed by atoms with van der Waals surface area (Å²) in [7, 11) is 1.68. The van der Waals surface area contributed by atoms with Crippen molar-refractivity contribution in [2.24, 2.45) is 17.3 Å². The number of hydrogen-bond donors (Lipinski definition) is 1. The third-order valence-electron chi connectivity index (χ3n) is 5.27. The Morgan fingerprint density at radius 3 is 2.34 bits per heavy atom. The van der Waals surface area contributed by atoms with Gasteiger partial charge in [0.1, 0.15) is 0 Å². The second-order valence-corrected chi connectivity index (χ2v) is 8.34. The van der Waals surface area contributed by atoms with Crippen molar-refractivity contribution in [2.75, 3.05) is 32.1 Å². The second-order valence-electron chi connectivity index (χ2n) is 8.34. The molecule has 0 aromatic heterocycles. The highest BCUT2D eigenvalue weighted by molar-refractivity contribution is 5.95. The third kappa shape index (κ3) is 5.52. The third-order valence-corrected chi connectivity index (χ3v) is 5.27. The summed E-state index contributed by atoms with van der Waals surface area (Å²) in [5.41, 5.74) is 1.75. The Kier molecular flexibility index (Phi) is 7.33. The molecule has 1 aliphatic carbocycles. The molecule has 1 saturated carbocycles. The molecule has 6 heteroatoms. The maximum atomic E-state index is 12.8. The molecule has 1 aromatic rings. The van der Waals surface area contributed by atoms with Crippen LogP contribution in [-0.2, 0) is 9.59 Å². The van der Waals surface area contributed by atoms with E-state index in [0.717, 1.165) is 0 Å². The minimum atomic E-state index is -0.246. The monoisotopic (exact) mass is 402 g/mol. The molecule has 29 heavy (non-hydrogen) atoms. The van der Waals surface area contributed by atoms with E-state index in [2.05, 4.69) is 25.2 Å². The molecule has 0 unspecified atom stereocenters. The number of carbonyl (C=O) groups excluding carboxylic acids is 2. The van der Waals surface area contributed by atoms with E-state index in [0.29, 0.717) is 30.4 Å². The molecule has 0 heterocycles. The number of rotatable bonds is 9. The summed E-state index contributed by atoms with van der Waals surface area (Å²) in [6.45, 7) is 13.1. The average molecular weight is 403 g/mol. The first kappa shape index (κ1) is 22.8. The Balaban J connectivity index is 1.99. The SMILES string of the molecule is CCOc1ccc(NC(=O)CN(C)C(=O)[C@@H]2[C@H](C=C(C)C)C2(C)C)cc1OCC. The Morgan fingerprint density at radius 1 is 1.14 bits per heavy atom. The highest BCUT2D eigenvalue weighted by atomic mass is 16.5. The van der Waals surface area contributed by atoms with Gasteiger partial charge in [-0.25, -0.2) is 0 Å². The summed E-state index contributed by atoms with van der Waals surface area (Å²) in [6, 6.07) is 5.28. The molecular formula is C23H34N2O4. The number of benzene rings is 1. The smallest absolute Gasteiger partial charge is 0.243 e. The Hall–Kier alpha value is -2.50. The van der Waals surface area contributed by atoms with Crippen molar-refractivity contribution in [1.29, 1.82) is 0 Å². The molecule has 6 nitrogen and oxygen atoms in total. The van der Waals surface area contributed by atoms with Crippen LogP contribution in [0.2, 0.25) is 0 Å². The van der Waals surface area contributed by atoms with Gasteiger partial charge in [0.15, 0.2) is 11.5 Å². The van der Waals surface area contributed by atoms with Crippen LogP contribution in [0.1, 0.15) is 41.5 Å². The number of ether oxygens (including phenoxy) is 2. The topological polar surface area (TPSA) is 67.9 Å². The molecule has 2 amide bonds. The molecule has 0 aliphatic heterocycles. The van der Waals surface area contributed by atoms with Crippen LogP contribution in [0.15, 0.2) is 29.8 Å². The number of nitrogens with zero attached hydrogens (tertiary/aromatic N) is 1. The first-order chi connectivity index (χ1) is 13.6. The number of amides is 2. The van der Waals surface area contributed by atoms with Crippen LogP contribution in [-0.4, -0.2) is 43.5 Å². The van der Waals surface area contributed by atoms with Crippen LogP contribution >= 0.6 is 0 Å². The normalized spacial score (nSPS) is 19.1. The maximum Gasteiger partial charge on any atom is 0.243 e. The molecule has 0 bridgehead atoms. The molecule has 160 valence electrons. The van der Waals surface area contributed by atoms with E-state index >= 15 is 0 Å². The van der Waals surface area contributed by atoms with Crippen LogP contribution in [0, 0.1) is 17.3 Å². The lowest BCUT2D eigenvalue weighted by Crippen LogP contribution is -2.36. The first-order valence-corrected chi connectivity index (χ1v) is 10.2. The number of likely N-dealkylation sites (N-methyl/N-ethyl adjacent to an activating group) is 1. The van der Waals surface area contributed by atoms with E-state index in [1.54, 1.807) is 25.2 Å². The summed E-state index contributed by atoms with van der Waals surface area (Å²) < 4.78 is 11.1. The van der Waals surface area contributed by atoms with E-state index in [1.165, 1.54) is 10.5 Å². The van der Waals surface area contributed by atoms with Crippen molar-refractivity contribution in [2.45, 2.75) is 41.5 Å². The van der Waals surface area contributed by atoms with Crippen LogP contribution in [0.3, 0.4) is 0 Å². The van der Waals surface area contributed by atoms with Crippen LogP contribution in [0.25, 0.3) is 0 Å². The summed E-state index contributed by atoms with van der Waals surface area (Å²) in [4.78, 5) is 26.8. The molecule has 1 N–H and O–H groups in total. The van der Waals surface area contributed by atoms with Gasteiger partial charge >= 0.3 is 0 Å². The van der Waals surface area contributed by atoms with Crippen molar-refractivity contribution >= 4 is 17.5 Å². The molecular weight excluding hydrogens is 368 g/mol. The Morgan fingerprint density at radius 2 is 1.76 bits per heavy atom. The van der Waals surface area contributed by atoms with Crippen LogP contribution in [0.4, 0.5) is 5.69 Å². The summed E-state index contributed by atoms with van der Waals surface area (Å²) in [5, 5.41) is 2.84. The van der Waals surface area contributed by atoms with E-state index in [-0.39, 0.29) is 35.6 Å². The molecule has 0 spiro atoms. The van der Waals surface area contributed by atoms with Crippen molar-refractivity contribution in [1.82, 2.24) is 4.90 Å². The van der Waals surface area contributed by atoms with Gasteiger partial charge in [-0.15, -0.1) is 0 Å². The van der Waals surface area contributed by atoms with Crippen molar-refractivity contribution in [3.05, 3.63) is 29.8 Å². The fourth-order valence-electron chi connectivity index (χ4n) is 3.68. The Bertz CT molecular complexity index is 781. The van der Waals surface area contributed by atoms with Crippen molar-refractivity contribution in [3.63, 3.8) is 0 Å². The van der Waals surface area contributed by atoms with Gasteiger partial charge in [0.2, 0.25) is 11.8 Å². The molecule has 0 saturated heterocycles. The van der Waals surface area contributed by atoms with E-state index in [1.807, 2.05) is 27.7 Å². The minimum Gasteiger partial charge on any atom is -0.490 e. The van der Waals surface area contributed by atoms with Gasteiger partial charge in [-0.1, -0.05) is 25.5 Å². The number of allylic oxidation sites excluding steroid dienone is 2. The second kappa shape index (κ2) is 9.33. The van der Waals surface area contributed by atoms with Gasteiger partial charge in [0, 0.05) is 18.8 Å². The van der Waals surface area contributed by atoms with Crippen molar-refractivity contribution in [3.8, 4) is 11.5 Å². The zero-order chi connectivity index (χ0) is 21.8. The minimum absolute atomic E-state index is 0.00410. The maximum absolute atomic E-state index is 12.8. The van der Waals surface area contributed by atoms with E-state index in [4.69, 9.17) is 9.47 Å². The summed E-state index contributed by atoms with van der Waals surface area (Å²) in [5.74, 6) is 1.14. The van der Waals surface area contributed by atoms with Crippen LogP contribution in [0.5, 0.6) is 11.5 Å². The van der Waals surface area contributed by atoms with Gasteiger partial charge < -0.3 is 19.7 Å². The fourth-order valence-corrected chi connectivity index (χ4v) is 3.68. The van der Waals surface area contributed by atoms with Gasteiger partial charge in [-0.05, 0) is 51.2 Å². The fraction of sp³-hybridized carbons (Fsp3) is 0.565. The molecule has 0 radical (unpaired) electrons. The number of hydrogen-bond acceptors (Lipinski definition) is 4. The first-order valence-electron chi connectivity index (χ1n) is 10.2. The molecule has 2 rings (SSSR count). The standard InChI is InChI=1S/C23H34N2O4/c1-8-28-18-11-10-16(13-19(18)29-9-2)24-20(26)14-25(7)22(27)21-17(12-15(3)4)23(21,5)6/h10-13,17,21H,8-9,14H2,1-7H3,(H,24,26)/t17-,21-/m0/s1. The lowest BCUT2D eigenvalue weighted by molar-refractivity contribution is -0.135. The lowest BCUT2D eigenvalue weighted by atomic mass is 10.1. The largest absolute Gasteiger partial charge is 0.490 e. The molecule has 1 fully saturated rings. The summed E-state index contributed by atoms with van der Waals surface area (Å²) in [6.07, 6.45) is 2.16. The van der Waals surface area contributed by atoms with Gasteiger partial charge in [-0.3, -0.25) is 9.59 Å². The zero-order valence-corrected chi connectivity index (χ0v) is 18.7. The Labute approximate surface area is 174 Å². The number of nitrogens with one attached hydrogen (secondary N) is 1. The van der Waals surface area contributed by atoms with E-state index < -0.39 is 0 Å². The summed E-state index contributed by atoms with van der Waals surface area (Å²) >= 11 is 0. The van der Waals surface area contributed by atoms with Gasteiger partial charge in [-0.2, -0.15) is 0 Å². The lowest BCUT2D eigenvalue weighted by Gasteiger charge is -2.18. The molecule has 2 atom stereocenters. The van der Waals surface area contributed by atoms with E-state index in [9.17, 15) is 9.59 Å². The molecule has 1 aromatic carbocycles. The van der Waals surface area contributed by atoms with Gasteiger partial charge in [0.05, 0.1) is 25.7 Å². The average Bonchev–Trinajstić information content (AvgIpc) is 3.15.